The van der Waals surface area contributed by atoms with Crippen molar-refractivity contribution in [1.29, 1.82) is 0 Å². The molecule has 0 N–H and O–H groups in total. The van der Waals surface area contributed by atoms with Gasteiger partial charge in [-0.15, -0.1) is 0 Å². The van der Waals surface area contributed by atoms with Crippen molar-refractivity contribution in [3.63, 3.8) is 0 Å². The molecule has 14 nitrogen and oxygen atoms in total. The van der Waals surface area contributed by atoms with Gasteiger partial charge in [-0.1, -0.05) is 17.8 Å². The smallest absolute Gasteiger partial charge is 0.309 e. The van der Waals surface area contributed by atoms with Gasteiger partial charge in [-0.2, -0.15) is 0 Å². The first-order chi connectivity index (χ1) is 17.0. The third-order valence-corrected chi connectivity index (χ3v) is 5.81. The van der Waals surface area contributed by atoms with Gasteiger partial charge in [-0.3, -0.25) is 24.0 Å². The average molecular weight is 511 g/mol. The number of likely N-dealkylation sites (N-methyl/N-ethyl adjacent to an activating group) is 1. The molecule has 36 heavy (non-hydrogen) atoms. The maximum atomic E-state index is 13.5. The summed E-state index contributed by atoms with van der Waals surface area (Å²) >= 11 is 0. The molecule has 0 bridgehead atoms. The number of ether oxygens (including phenoxy) is 5. The van der Waals surface area contributed by atoms with Crippen molar-refractivity contribution in [2.45, 2.75) is 76.7 Å². The summed E-state index contributed by atoms with van der Waals surface area (Å²) in [7, 11) is 1.49. The molecule has 1 amide bonds. The molecule has 1 saturated carbocycles. The lowest BCUT2D eigenvalue weighted by atomic mass is 9.95. The van der Waals surface area contributed by atoms with Gasteiger partial charge in [-0.05, 0) is 24.8 Å². The SMILES string of the molecule is C=CCOC(=O)[C@H]1CC[C@@H](N(C)C(=O)[C@H]2O[C@@H](N=[N+]=[N-])[C@H](OC(C)=O)[C@@H](OC(C)=O)[C@@H]2OC(C)=O)C1. The highest BCUT2D eigenvalue weighted by Gasteiger charge is 2.55. The number of nitrogens with zero attached hydrogens (tertiary/aromatic N) is 4. The molecule has 0 aromatic heterocycles. The largest absolute Gasteiger partial charge is 0.461 e. The fraction of sp³-hybridized carbons (Fsp3) is 0.682. The van der Waals surface area contributed by atoms with E-state index in [-0.39, 0.29) is 12.6 Å². The highest BCUT2D eigenvalue weighted by Crippen LogP contribution is 2.34. The number of hydrogen-bond acceptors (Lipinski definition) is 11. The van der Waals surface area contributed by atoms with Crippen LogP contribution in [-0.2, 0) is 47.7 Å². The van der Waals surface area contributed by atoms with Crippen molar-refractivity contribution in [3.8, 4) is 0 Å². The molecule has 2 rings (SSSR count). The molecule has 1 saturated heterocycles. The molecule has 14 heteroatoms. The van der Waals surface area contributed by atoms with Gasteiger partial charge in [0.15, 0.2) is 30.6 Å². The Kier molecular flexibility index (Phi) is 10.2. The lowest BCUT2D eigenvalue weighted by Crippen LogP contribution is -2.64. The molecule has 1 aliphatic heterocycles. The Labute approximate surface area is 207 Å². The third-order valence-electron chi connectivity index (χ3n) is 5.81. The molecule has 198 valence electrons. The van der Waals surface area contributed by atoms with Crippen molar-refractivity contribution >= 4 is 29.8 Å². The van der Waals surface area contributed by atoms with Crippen LogP contribution in [0.4, 0.5) is 0 Å². The highest BCUT2D eigenvalue weighted by atomic mass is 16.7. The summed E-state index contributed by atoms with van der Waals surface area (Å²) in [5.74, 6) is -3.96. The number of azide groups is 1. The van der Waals surface area contributed by atoms with Crippen molar-refractivity contribution < 1.29 is 47.7 Å². The fourth-order valence-corrected chi connectivity index (χ4v) is 4.30. The fourth-order valence-electron chi connectivity index (χ4n) is 4.30. The average Bonchev–Trinajstić information content (AvgIpc) is 3.29. The third kappa shape index (κ3) is 7.18. The Hall–Kier alpha value is -3.64. The Balaban J connectivity index is 2.35. The van der Waals surface area contributed by atoms with Crippen molar-refractivity contribution in [1.82, 2.24) is 4.90 Å². The van der Waals surface area contributed by atoms with Gasteiger partial charge >= 0.3 is 23.9 Å². The minimum atomic E-state index is -1.57. The van der Waals surface area contributed by atoms with E-state index in [0.717, 1.165) is 20.8 Å². The molecule has 2 fully saturated rings. The van der Waals surface area contributed by atoms with Crippen LogP contribution in [-0.4, -0.2) is 85.0 Å². The van der Waals surface area contributed by atoms with Crippen molar-refractivity contribution in [3.05, 3.63) is 23.1 Å². The van der Waals surface area contributed by atoms with E-state index in [9.17, 15) is 24.0 Å². The Morgan fingerprint density at radius 3 is 2.17 bits per heavy atom. The van der Waals surface area contributed by atoms with Crippen LogP contribution in [0.5, 0.6) is 0 Å². The predicted octanol–water partition coefficient (Wildman–Crippen LogP) is 1.17. The number of carbonyl (C=O) groups is 5. The van der Waals surface area contributed by atoms with Gasteiger partial charge in [0.2, 0.25) is 0 Å². The summed E-state index contributed by atoms with van der Waals surface area (Å²) in [5, 5.41) is 3.45. The van der Waals surface area contributed by atoms with Crippen molar-refractivity contribution in [2.75, 3.05) is 13.7 Å². The van der Waals surface area contributed by atoms with E-state index >= 15 is 0 Å². The van der Waals surface area contributed by atoms with E-state index in [4.69, 9.17) is 29.2 Å². The van der Waals surface area contributed by atoms with Gasteiger partial charge in [-0.25, -0.2) is 0 Å². The molecular weight excluding hydrogens is 480 g/mol. The molecular formula is C22H30N4O10. The Morgan fingerprint density at radius 1 is 1.03 bits per heavy atom. The molecule has 0 radical (unpaired) electrons. The van der Waals surface area contributed by atoms with Crippen LogP contribution >= 0.6 is 0 Å². The second-order valence-electron chi connectivity index (χ2n) is 8.41. The highest BCUT2D eigenvalue weighted by molar-refractivity contribution is 5.83. The minimum absolute atomic E-state index is 0.0799. The van der Waals surface area contributed by atoms with E-state index in [1.54, 1.807) is 0 Å². The summed E-state index contributed by atoms with van der Waals surface area (Å²) < 4.78 is 26.5. The van der Waals surface area contributed by atoms with Crippen LogP contribution in [0.15, 0.2) is 17.8 Å². The van der Waals surface area contributed by atoms with E-state index in [1.165, 1.54) is 18.0 Å². The zero-order valence-electron chi connectivity index (χ0n) is 20.5. The van der Waals surface area contributed by atoms with Crippen LogP contribution in [0.25, 0.3) is 10.4 Å². The van der Waals surface area contributed by atoms with E-state index in [2.05, 4.69) is 16.6 Å². The second-order valence-corrected chi connectivity index (χ2v) is 8.41. The van der Waals surface area contributed by atoms with Crippen LogP contribution in [0.1, 0.15) is 40.0 Å². The minimum Gasteiger partial charge on any atom is -0.461 e. The molecule has 0 unspecified atom stereocenters. The van der Waals surface area contributed by atoms with E-state index in [0.29, 0.717) is 19.3 Å². The second kappa shape index (κ2) is 12.9. The van der Waals surface area contributed by atoms with E-state index < -0.39 is 66.3 Å². The molecule has 2 aliphatic rings. The molecule has 0 spiro atoms. The van der Waals surface area contributed by atoms with Crippen LogP contribution in [0.3, 0.4) is 0 Å². The van der Waals surface area contributed by atoms with Crippen LogP contribution < -0.4 is 0 Å². The number of esters is 4. The quantitative estimate of drug-likeness (QED) is 0.109. The molecule has 1 aliphatic carbocycles. The van der Waals surface area contributed by atoms with Gasteiger partial charge < -0.3 is 28.6 Å². The zero-order valence-corrected chi connectivity index (χ0v) is 20.5. The summed E-state index contributed by atoms with van der Waals surface area (Å²) in [6, 6.07) is -0.378. The van der Waals surface area contributed by atoms with Gasteiger partial charge in [0.25, 0.3) is 5.91 Å². The number of amides is 1. The first kappa shape index (κ1) is 28.6. The zero-order chi connectivity index (χ0) is 27.0. The normalized spacial score (nSPS) is 29.2. The molecule has 0 aromatic rings. The lowest BCUT2D eigenvalue weighted by Gasteiger charge is -2.44. The van der Waals surface area contributed by atoms with Crippen LogP contribution in [0.2, 0.25) is 0 Å². The molecule has 0 aromatic carbocycles. The van der Waals surface area contributed by atoms with Gasteiger partial charge in [0, 0.05) is 38.8 Å². The monoisotopic (exact) mass is 510 g/mol. The maximum absolute atomic E-state index is 13.5. The Bertz CT molecular complexity index is 934. The Morgan fingerprint density at radius 2 is 1.61 bits per heavy atom. The first-order valence-electron chi connectivity index (χ1n) is 11.3. The standard InChI is InChI=1S/C22H30N4O10/c1-6-9-32-22(31)14-7-8-15(10-14)26(5)21(30)19-17(34-12(3)28)16(33-11(2)27)18(35-13(4)29)20(36-19)24-25-23/h6,14-20H,1,7-10H2,2-5H3/t14-,15+,16-,17-,18+,19-,20+/m0/s1. The van der Waals surface area contributed by atoms with Gasteiger partial charge in [0.05, 0.1) is 5.92 Å². The summed E-state index contributed by atoms with van der Waals surface area (Å²) in [4.78, 5) is 65.2. The maximum Gasteiger partial charge on any atom is 0.309 e. The molecule has 7 atom stereocenters. The van der Waals surface area contributed by atoms with Crippen molar-refractivity contribution in [2.24, 2.45) is 11.0 Å². The first-order valence-corrected chi connectivity index (χ1v) is 11.3. The van der Waals surface area contributed by atoms with E-state index in [1.807, 2.05) is 0 Å². The number of hydrogen-bond donors (Lipinski definition) is 0. The summed E-state index contributed by atoms with van der Waals surface area (Å²) in [6.45, 7) is 6.80. The summed E-state index contributed by atoms with van der Waals surface area (Å²) in [5.41, 5.74) is 9.00. The lowest BCUT2D eigenvalue weighted by molar-refractivity contribution is -0.245. The van der Waals surface area contributed by atoms with Crippen LogP contribution in [0, 0.1) is 5.92 Å². The topological polar surface area (TPSA) is 183 Å². The number of rotatable bonds is 9. The van der Waals surface area contributed by atoms with Gasteiger partial charge in [0.1, 0.15) is 6.61 Å². The summed E-state index contributed by atoms with van der Waals surface area (Å²) in [6.07, 6.45) is -4.90. The molecule has 1 heterocycles. The number of carbonyl (C=O) groups excluding carboxylic acids is 5. The predicted molar refractivity (Wildman–Crippen MR) is 120 cm³/mol.